The molecule has 146 valence electrons. The van der Waals surface area contributed by atoms with Gasteiger partial charge in [-0.25, -0.2) is 4.57 Å². The van der Waals surface area contributed by atoms with Crippen LogP contribution in [-0.4, -0.2) is 28.0 Å². The average Bonchev–Trinajstić information content (AvgIpc) is 2.65. The molecule has 0 amide bonds. The van der Waals surface area contributed by atoms with Crippen LogP contribution in [0.3, 0.4) is 0 Å². The van der Waals surface area contributed by atoms with Gasteiger partial charge in [-0.15, -0.1) is 0 Å². The highest BCUT2D eigenvalue weighted by Crippen LogP contribution is 2.26. The molecule has 0 radical (unpaired) electrons. The van der Waals surface area contributed by atoms with Gasteiger partial charge in [0.25, 0.3) is 5.56 Å². The number of pyridine rings is 1. The molecule has 0 spiro atoms. The average molecular weight is 379 g/mol. The molecule has 3 rings (SSSR count). The van der Waals surface area contributed by atoms with Gasteiger partial charge in [-0.3, -0.25) is 4.79 Å². The Morgan fingerprint density at radius 1 is 1.11 bits per heavy atom. The second-order valence-electron chi connectivity index (χ2n) is 7.47. The smallest absolute Gasteiger partial charge is 0.265 e. The standard InChI is InChI=1S/C22H25N3O3/c1-5-28-16-12-10-15(11-13-16)25-20(26)18-9-7-6-8-17(18)19(21(25)27)14-23-24-22(2,3)4/h6-14,24,27H,5H2,1-4H3/b23-14+. The molecule has 0 bridgehead atoms. The molecule has 0 fully saturated rings. The van der Waals surface area contributed by atoms with Crippen molar-refractivity contribution in [1.82, 2.24) is 9.99 Å². The van der Waals surface area contributed by atoms with Gasteiger partial charge in [0.05, 0.1) is 24.1 Å². The molecule has 2 aromatic carbocycles. The molecule has 2 N–H and O–H groups in total. The number of ether oxygens (including phenoxy) is 1. The first-order valence-electron chi connectivity index (χ1n) is 9.22. The Bertz CT molecular complexity index is 1060. The lowest BCUT2D eigenvalue weighted by Gasteiger charge is -2.18. The minimum atomic E-state index is -0.293. The van der Waals surface area contributed by atoms with Crippen LogP contribution < -0.4 is 15.7 Å². The lowest BCUT2D eigenvalue weighted by Crippen LogP contribution is -2.31. The number of aromatic hydroxyl groups is 1. The van der Waals surface area contributed by atoms with E-state index >= 15 is 0 Å². The van der Waals surface area contributed by atoms with Crippen molar-refractivity contribution in [1.29, 1.82) is 0 Å². The summed E-state index contributed by atoms with van der Waals surface area (Å²) in [6.45, 7) is 8.43. The van der Waals surface area contributed by atoms with Gasteiger partial charge in [0, 0.05) is 16.3 Å². The zero-order chi connectivity index (χ0) is 20.3. The Morgan fingerprint density at radius 3 is 2.36 bits per heavy atom. The summed E-state index contributed by atoms with van der Waals surface area (Å²) in [7, 11) is 0. The molecule has 0 aliphatic carbocycles. The van der Waals surface area contributed by atoms with Crippen LogP contribution >= 0.6 is 0 Å². The van der Waals surface area contributed by atoms with Crippen molar-refractivity contribution in [2.45, 2.75) is 33.2 Å². The van der Waals surface area contributed by atoms with Crippen molar-refractivity contribution in [2.75, 3.05) is 6.61 Å². The van der Waals surface area contributed by atoms with Crippen LogP contribution in [0.4, 0.5) is 0 Å². The number of rotatable bonds is 5. The summed E-state index contributed by atoms with van der Waals surface area (Å²) in [5, 5.41) is 16.3. The molecule has 1 heterocycles. The van der Waals surface area contributed by atoms with Crippen molar-refractivity contribution in [3.63, 3.8) is 0 Å². The molecule has 0 unspecified atom stereocenters. The molecule has 6 nitrogen and oxygen atoms in total. The second kappa shape index (κ2) is 7.76. The predicted octanol–water partition coefficient (Wildman–Crippen LogP) is 3.82. The van der Waals surface area contributed by atoms with Gasteiger partial charge in [0.1, 0.15) is 5.75 Å². The largest absolute Gasteiger partial charge is 0.494 e. The van der Waals surface area contributed by atoms with E-state index < -0.39 is 0 Å². The van der Waals surface area contributed by atoms with Crippen LogP contribution in [0, 0.1) is 0 Å². The molecule has 1 aromatic heterocycles. The summed E-state index contributed by atoms with van der Waals surface area (Å²) < 4.78 is 6.74. The minimum absolute atomic E-state index is 0.160. The number of nitrogens with one attached hydrogen (secondary N) is 1. The van der Waals surface area contributed by atoms with Crippen molar-refractivity contribution in [2.24, 2.45) is 5.10 Å². The van der Waals surface area contributed by atoms with Gasteiger partial charge in [0.2, 0.25) is 5.88 Å². The van der Waals surface area contributed by atoms with Gasteiger partial charge in [-0.1, -0.05) is 18.2 Å². The first-order chi connectivity index (χ1) is 13.3. The quantitative estimate of drug-likeness (QED) is 0.522. The first-order valence-corrected chi connectivity index (χ1v) is 9.22. The van der Waals surface area contributed by atoms with Crippen molar-refractivity contribution < 1.29 is 9.84 Å². The third kappa shape index (κ3) is 4.01. The highest BCUT2D eigenvalue weighted by molar-refractivity contribution is 6.01. The number of hydrogen-bond donors (Lipinski definition) is 2. The first kappa shape index (κ1) is 19.5. The van der Waals surface area contributed by atoms with E-state index in [0.717, 1.165) is 0 Å². The van der Waals surface area contributed by atoms with E-state index in [-0.39, 0.29) is 17.0 Å². The Kier molecular flexibility index (Phi) is 5.40. The molecular weight excluding hydrogens is 354 g/mol. The monoisotopic (exact) mass is 379 g/mol. The molecule has 0 aliphatic heterocycles. The van der Waals surface area contributed by atoms with E-state index in [1.165, 1.54) is 4.57 Å². The Labute approximate surface area is 164 Å². The number of aromatic nitrogens is 1. The van der Waals surface area contributed by atoms with E-state index in [1.807, 2.05) is 33.8 Å². The van der Waals surface area contributed by atoms with E-state index in [4.69, 9.17) is 4.74 Å². The molecule has 3 aromatic rings. The summed E-state index contributed by atoms with van der Waals surface area (Å²) in [5.74, 6) is 0.545. The van der Waals surface area contributed by atoms with Gasteiger partial charge in [0.15, 0.2) is 0 Å². The van der Waals surface area contributed by atoms with E-state index in [9.17, 15) is 9.90 Å². The molecule has 6 heteroatoms. The molecule has 28 heavy (non-hydrogen) atoms. The van der Waals surface area contributed by atoms with Crippen LogP contribution in [0.25, 0.3) is 16.5 Å². The van der Waals surface area contributed by atoms with Gasteiger partial charge >= 0.3 is 0 Å². The van der Waals surface area contributed by atoms with E-state index in [0.29, 0.717) is 34.4 Å². The lowest BCUT2D eigenvalue weighted by molar-refractivity contribution is 0.340. The molecule has 0 saturated carbocycles. The zero-order valence-corrected chi connectivity index (χ0v) is 16.6. The maximum Gasteiger partial charge on any atom is 0.265 e. The topological polar surface area (TPSA) is 75.8 Å². The number of nitrogens with zero attached hydrogens (tertiary/aromatic N) is 2. The lowest BCUT2D eigenvalue weighted by atomic mass is 10.1. The number of hydrogen-bond acceptors (Lipinski definition) is 5. The van der Waals surface area contributed by atoms with Crippen molar-refractivity contribution in [3.05, 3.63) is 64.4 Å². The third-order valence-electron chi connectivity index (χ3n) is 4.10. The van der Waals surface area contributed by atoms with Crippen LogP contribution in [0.5, 0.6) is 11.6 Å². The summed E-state index contributed by atoms with van der Waals surface area (Å²) in [4.78, 5) is 13.1. The van der Waals surface area contributed by atoms with Crippen LogP contribution in [0.15, 0.2) is 58.4 Å². The van der Waals surface area contributed by atoms with E-state index in [1.54, 1.807) is 48.7 Å². The SMILES string of the molecule is CCOc1ccc(-n2c(O)c(/C=N/NC(C)(C)C)c3ccccc3c2=O)cc1. The van der Waals surface area contributed by atoms with Crippen LogP contribution in [0.1, 0.15) is 33.3 Å². The van der Waals surface area contributed by atoms with Crippen molar-refractivity contribution in [3.8, 4) is 17.3 Å². The summed E-state index contributed by atoms with van der Waals surface area (Å²) >= 11 is 0. The maximum atomic E-state index is 13.1. The summed E-state index contributed by atoms with van der Waals surface area (Å²) in [5.41, 5.74) is 3.53. The Hall–Kier alpha value is -3.28. The zero-order valence-electron chi connectivity index (χ0n) is 16.6. The number of fused-ring (bicyclic) bond motifs is 1. The fourth-order valence-corrected chi connectivity index (χ4v) is 2.88. The predicted molar refractivity (Wildman–Crippen MR) is 113 cm³/mol. The normalized spacial score (nSPS) is 11.9. The summed E-state index contributed by atoms with van der Waals surface area (Å²) in [6.07, 6.45) is 1.55. The highest BCUT2D eigenvalue weighted by Gasteiger charge is 2.16. The number of benzene rings is 2. The molecule has 0 atom stereocenters. The molecular formula is C22H25N3O3. The summed E-state index contributed by atoms with van der Waals surface area (Å²) in [6, 6.07) is 14.2. The van der Waals surface area contributed by atoms with Gasteiger partial charge < -0.3 is 15.3 Å². The van der Waals surface area contributed by atoms with Crippen LogP contribution in [-0.2, 0) is 0 Å². The van der Waals surface area contributed by atoms with Gasteiger partial charge in [-0.2, -0.15) is 5.10 Å². The third-order valence-corrected chi connectivity index (χ3v) is 4.10. The Balaban J connectivity index is 2.19. The van der Waals surface area contributed by atoms with Crippen LogP contribution in [0.2, 0.25) is 0 Å². The molecule has 0 aliphatic rings. The van der Waals surface area contributed by atoms with Crippen molar-refractivity contribution >= 4 is 17.0 Å². The highest BCUT2D eigenvalue weighted by atomic mass is 16.5. The fourth-order valence-electron chi connectivity index (χ4n) is 2.88. The molecule has 0 saturated heterocycles. The minimum Gasteiger partial charge on any atom is -0.494 e. The fraction of sp³-hybridized carbons (Fsp3) is 0.273. The maximum absolute atomic E-state index is 13.1. The van der Waals surface area contributed by atoms with E-state index in [2.05, 4.69) is 10.5 Å². The Morgan fingerprint density at radius 2 is 1.75 bits per heavy atom. The van der Waals surface area contributed by atoms with Gasteiger partial charge in [-0.05, 0) is 58.0 Å². The second-order valence-corrected chi connectivity index (χ2v) is 7.47. The number of hydrazone groups is 1.